The van der Waals surface area contributed by atoms with E-state index in [1.165, 1.54) is 56.5 Å². The molecule has 3 atom stereocenters. The highest BCUT2D eigenvalue weighted by atomic mass is 16.5. The molecule has 10 heteroatoms. The average molecular weight is 715 g/mol. The minimum Gasteiger partial charge on any atom is -0.508 e. The number of anilines is 1. The van der Waals surface area contributed by atoms with Crippen molar-refractivity contribution < 1.29 is 38.8 Å². The summed E-state index contributed by atoms with van der Waals surface area (Å²) in [5.74, 6) is 1.82. The Morgan fingerprint density at radius 3 is 2.54 bits per heavy atom. The van der Waals surface area contributed by atoms with Crippen molar-refractivity contribution in [2.45, 2.75) is 75.6 Å². The van der Waals surface area contributed by atoms with Gasteiger partial charge in [0.05, 0.1) is 44.6 Å². The lowest BCUT2D eigenvalue weighted by molar-refractivity contribution is -0.946. The summed E-state index contributed by atoms with van der Waals surface area (Å²) in [5.41, 5.74) is 2.14. The summed E-state index contributed by atoms with van der Waals surface area (Å²) >= 11 is 0. The van der Waals surface area contributed by atoms with E-state index < -0.39 is 11.7 Å². The quantitative estimate of drug-likeness (QED) is 0.0923. The van der Waals surface area contributed by atoms with Crippen LogP contribution < -0.4 is 20.1 Å². The van der Waals surface area contributed by atoms with Crippen molar-refractivity contribution >= 4 is 11.6 Å². The topological polar surface area (TPSA) is 130 Å². The highest BCUT2D eigenvalue weighted by Crippen LogP contribution is 2.43. The number of amides is 1. The number of aromatic hydroxyl groups is 1. The number of fused-ring (bicyclic) bond motifs is 4. The number of phenolic OH excluding ortho intramolecular Hbond substituents is 1. The molecule has 4 fully saturated rings. The summed E-state index contributed by atoms with van der Waals surface area (Å²) < 4.78 is 19.5. The van der Waals surface area contributed by atoms with Crippen LogP contribution in [0, 0.1) is 11.8 Å². The van der Waals surface area contributed by atoms with Crippen LogP contribution in [-0.2, 0) is 21.6 Å². The van der Waals surface area contributed by atoms with Gasteiger partial charge in [0.1, 0.15) is 35.5 Å². The van der Waals surface area contributed by atoms with Gasteiger partial charge in [-0.2, -0.15) is 0 Å². The molecule has 0 aromatic heterocycles. The second-order valence-corrected chi connectivity index (χ2v) is 15.6. The molecule has 3 aromatic rings. The number of carbonyl (C=O) groups excluding carboxylic acids is 1. The van der Waals surface area contributed by atoms with Crippen LogP contribution >= 0.6 is 0 Å². The van der Waals surface area contributed by atoms with E-state index in [-0.39, 0.29) is 30.3 Å². The molecule has 4 aliphatic heterocycles. The third-order valence-electron chi connectivity index (χ3n) is 12.1. The first kappa shape index (κ1) is 36.7. The highest BCUT2D eigenvalue weighted by Gasteiger charge is 2.48. The first-order valence-electron chi connectivity index (χ1n) is 19.4. The number of hydrogen-bond acceptors (Lipinski definition) is 8. The number of aliphatic hydroxyl groups excluding tert-OH is 1. The molecule has 52 heavy (non-hydrogen) atoms. The van der Waals surface area contributed by atoms with E-state index in [1.807, 2.05) is 18.2 Å². The van der Waals surface area contributed by atoms with E-state index in [0.717, 1.165) is 67.5 Å². The molecule has 5 N–H and O–H groups in total. The predicted octanol–water partition coefficient (Wildman–Crippen LogP) is 5.45. The Morgan fingerprint density at radius 2 is 1.77 bits per heavy atom. The number of piperidine rings is 3. The third-order valence-corrected chi connectivity index (χ3v) is 12.1. The van der Waals surface area contributed by atoms with Gasteiger partial charge >= 0.3 is 0 Å². The normalized spacial score (nSPS) is 24.5. The molecule has 2 bridgehead atoms. The summed E-state index contributed by atoms with van der Waals surface area (Å²) in [6.45, 7) is 6.53. The molecule has 1 unspecified atom stereocenters. The van der Waals surface area contributed by atoms with Crippen LogP contribution in [0.4, 0.5) is 5.69 Å². The van der Waals surface area contributed by atoms with Crippen molar-refractivity contribution in [1.29, 1.82) is 0 Å². The Hall–Kier alpha value is -3.67. The van der Waals surface area contributed by atoms with Gasteiger partial charge in [0.25, 0.3) is 5.91 Å². The number of aliphatic hydroxyl groups is 2. The van der Waals surface area contributed by atoms with Gasteiger partial charge in [-0.25, -0.2) is 0 Å². The molecule has 1 amide bonds. The molecule has 1 aliphatic carbocycles. The fourth-order valence-electron chi connectivity index (χ4n) is 9.09. The third kappa shape index (κ3) is 8.58. The first-order valence-corrected chi connectivity index (χ1v) is 19.4. The zero-order valence-corrected chi connectivity index (χ0v) is 30.3. The van der Waals surface area contributed by atoms with Crippen LogP contribution in [0.2, 0.25) is 0 Å². The zero-order valence-electron chi connectivity index (χ0n) is 30.3. The van der Waals surface area contributed by atoms with Gasteiger partial charge in [0.2, 0.25) is 0 Å². The van der Waals surface area contributed by atoms with E-state index >= 15 is 0 Å². The fraction of sp³-hybridized carbons (Fsp3) is 0.548. The van der Waals surface area contributed by atoms with Crippen molar-refractivity contribution in [3.63, 3.8) is 0 Å². The molecule has 0 spiro atoms. The van der Waals surface area contributed by atoms with Gasteiger partial charge in [-0.1, -0.05) is 55.3 Å². The second-order valence-electron chi connectivity index (χ2n) is 15.6. The maximum Gasteiger partial charge on any atom is 0.262 e. The van der Waals surface area contributed by atoms with Crippen molar-refractivity contribution in [3.05, 3.63) is 83.4 Å². The Labute approximate surface area is 307 Å². The molecule has 5 aliphatic rings. The molecular formula is C42H56N3O7+. The van der Waals surface area contributed by atoms with Crippen molar-refractivity contribution in [2.24, 2.45) is 11.8 Å². The van der Waals surface area contributed by atoms with Crippen molar-refractivity contribution in [3.8, 4) is 17.2 Å². The van der Waals surface area contributed by atoms with Gasteiger partial charge in [-0.05, 0) is 67.5 Å². The van der Waals surface area contributed by atoms with Crippen LogP contribution in [0.3, 0.4) is 0 Å². The molecule has 4 heterocycles. The van der Waals surface area contributed by atoms with Gasteiger partial charge < -0.3 is 44.6 Å². The number of ether oxygens (including phenoxy) is 3. The molecule has 0 radical (unpaired) electrons. The number of rotatable bonds is 17. The number of nitrogens with zero attached hydrogens (tertiary/aromatic N) is 1. The van der Waals surface area contributed by atoms with Crippen LogP contribution in [0.1, 0.15) is 74.2 Å². The summed E-state index contributed by atoms with van der Waals surface area (Å²) in [7, 11) is 0. The summed E-state index contributed by atoms with van der Waals surface area (Å²) in [5, 5.41) is 38.8. The van der Waals surface area contributed by atoms with E-state index in [9.17, 15) is 20.1 Å². The number of carbonyl (C=O) groups is 1. The molecular weight excluding hydrogens is 658 g/mol. The monoisotopic (exact) mass is 714 g/mol. The molecule has 10 nitrogen and oxygen atoms in total. The van der Waals surface area contributed by atoms with E-state index in [4.69, 9.17) is 14.2 Å². The van der Waals surface area contributed by atoms with Crippen molar-refractivity contribution in [2.75, 3.05) is 64.4 Å². The van der Waals surface area contributed by atoms with Crippen molar-refractivity contribution in [1.82, 2.24) is 5.32 Å². The largest absolute Gasteiger partial charge is 0.508 e. The lowest BCUT2D eigenvalue weighted by Gasteiger charge is -2.53. The van der Waals surface area contributed by atoms with E-state index in [2.05, 4.69) is 47.0 Å². The Kier molecular flexibility index (Phi) is 11.7. The maximum absolute atomic E-state index is 12.0. The SMILES string of the molecule is O=C1COc2c(cc(O)cc2[C@@H](O)CNCCCc2ccc(OCCC[N+]34CCC(CC3)[C@@H](OCC(O)(c3ccccc3)C3CCCC3)C4)cc2)N1. The second kappa shape index (κ2) is 16.6. The van der Waals surface area contributed by atoms with Crippen LogP contribution in [0.5, 0.6) is 17.2 Å². The van der Waals surface area contributed by atoms with Gasteiger partial charge in [0.15, 0.2) is 6.61 Å². The zero-order chi connectivity index (χ0) is 36.0. The number of benzene rings is 3. The van der Waals surface area contributed by atoms with Gasteiger partial charge in [-0.15, -0.1) is 0 Å². The van der Waals surface area contributed by atoms with Gasteiger partial charge in [-0.3, -0.25) is 4.79 Å². The molecule has 1 saturated carbocycles. The number of hydrogen-bond donors (Lipinski definition) is 5. The van der Waals surface area contributed by atoms with E-state index in [0.29, 0.717) is 42.7 Å². The standard InChI is InChI=1S/C42H55N3O7/c46-34-24-36(41-37(25-34)44-40(48)28-51-41)38(47)26-43-19-6-8-30-13-15-35(16-14-30)50-23-7-20-45-21-17-31(18-22-45)39(27-45)52-29-42(49,33-11-4-5-12-33)32-9-2-1-3-10-32/h1-3,9-10,13-16,24-25,31,33,38-39,43,47,49H,4-8,11-12,17-23,26-29H2,(H-,44,46,48)/p+1/t31?,38-,39-,42?,45?/m0/s1. The molecule has 3 saturated heterocycles. The maximum atomic E-state index is 12.0. The minimum absolute atomic E-state index is 0.0378. The summed E-state index contributed by atoms with van der Waals surface area (Å²) in [4.78, 5) is 11.6. The lowest BCUT2D eigenvalue weighted by Crippen LogP contribution is -2.65. The number of phenols is 1. The van der Waals surface area contributed by atoms with E-state index in [1.54, 1.807) is 0 Å². The van der Waals surface area contributed by atoms with Crippen LogP contribution in [0.15, 0.2) is 66.7 Å². The molecule has 3 aromatic carbocycles. The molecule has 8 rings (SSSR count). The van der Waals surface area contributed by atoms with Gasteiger partial charge in [0, 0.05) is 43.4 Å². The number of nitrogens with one attached hydrogen (secondary N) is 2. The summed E-state index contributed by atoms with van der Waals surface area (Å²) in [6, 6.07) is 21.5. The van der Waals surface area contributed by atoms with Crippen LogP contribution in [0.25, 0.3) is 0 Å². The Bertz CT molecular complexity index is 1620. The molecule has 280 valence electrons. The number of quaternary nitrogens is 1. The average Bonchev–Trinajstić information content (AvgIpc) is 3.72. The van der Waals surface area contributed by atoms with Crippen LogP contribution in [-0.4, -0.2) is 90.9 Å². The fourth-order valence-corrected chi connectivity index (χ4v) is 9.09. The minimum atomic E-state index is -0.910. The summed E-state index contributed by atoms with van der Waals surface area (Å²) in [6.07, 6.45) is 9.03. The number of aryl methyl sites for hydroxylation is 1. The highest BCUT2D eigenvalue weighted by molar-refractivity contribution is 5.96. The Morgan fingerprint density at radius 1 is 1.00 bits per heavy atom. The Balaban J connectivity index is 0.813. The smallest absolute Gasteiger partial charge is 0.262 e. The predicted molar refractivity (Wildman–Crippen MR) is 199 cm³/mol. The lowest BCUT2D eigenvalue weighted by atomic mass is 9.80. The first-order chi connectivity index (χ1) is 25.3.